The highest BCUT2D eigenvalue weighted by Crippen LogP contribution is 2.16. The van der Waals surface area contributed by atoms with E-state index in [1.165, 1.54) is 154 Å². The first kappa shape index (κ1) is 48.4. The maximum atomic E-state index is 12.2. The first-order chi connectivity index (χ1) is 24.6. The van der Waals surface area contributed by atoms with Gasteiger partial charge in [0.05, 0.1) is 6.61 Å². The van der Waals surface area contributed by atoms with Crippen molar-refractivity contribution in [3.63, 3.8) is 0 Å². The largest absolute Gasteiger partial charge is 0.462 e. The molecule has 0 aliphatic carbocycles. The minimum atomic E-state index is -0.774. The Hall–Kier alpha value is -1.62. The Kier molecular flexibility index (Phi) is 40.4. The molecule has 0 aromatic rings. The van der Waals surface area contributed by atoms with Crippen LogP contribution in [-0.4, -0.2) is 36.4 Å². The van der Waals surface area contributed by atoms with Crippen LogP contribution >= 0.6 is 0 Å². The van der Waals surface area contributed by atoms with Crippen LogP contribution in [0.25, 0.3) is 0 Å². The number of aliphatic hydroxyl groups is 1. The predicted octanol–water partition coefficient (Wildman–Crippen LogP) is 13.8. The average Bonchev–Trinajstić information content (AvgIpc) is 3.12. The molecule has 0 rings (SSSR count). The van der Waals surface area contributed by atoms with Crippen molar-refractivity contribution in [3.8, 4) is 0 Å². The molecule has 0 spiro atoms. The zero-order valence-corrected chi connectivity index (χ0v) is 33.4. The lowest BCUT2D eigenvalue weighted by molar-refractivity contribution is -0.161. The third-order valence-electron chi connectivity index (χ3n) is 9.75. The standard InChI is InChI=1S/C45H84O5/c1-3-5-7-9-11-13-15-17-19-20-21-22-23-24-26-27-29-31-33-35-37-39-44(47)49-42-43(41-46)50-45(48)40-38-36-34-32-30-28-25-18-16-14-12-10-8-6-4-2/h12,14,18,25,43,46H,3-11,13,15-17,19-24,26-42H2,1-2H3/b14-12+,25-18+/t43-/m0/s1. The number of hydrogen-bond acceptors (Lipinski definition) is 5. The second kappa shape index (κ2) is 41.8. The predicted molar refractivity (Wildman–Crippen MR) is 215 cm³/mol. The normalized spacial score (nSPS) is 12.3. The van der Waals surface area contributed by atoms with Crippen molar-refractivity contribution in [2.24, 2.45) is 0 Å². The number of aliphatic hydroxyl groups excluding tert-OH is 1. The molecule has 5 heteroatoms. The minimum absolute atomic E-state index is 0.0670. The van der Waals surface area contributed by atoms with Gasteiger partial charge in [0.15, 0.2) is 6.10 Å². The van der Waals surface area contributed by atoms with E-state index in [4.69, 9.17) is 9.47 Å². The van der Waals surface area contributed by atoms with E-state index in [0.29, 0.717) is 12.8 Å². The fourth-order valence-corrected chi connectivity index (χ4v) is 6.41. The summed E-state index contributed by atoms with van der Waals surface area (Å²) in [6.45, 7) is 4.12. The van der Waals surface area contributed by atoms with Crippen molar-refractivity contribution in [1.29, 1.82) is 0 Å². The van der Waals surface area contributed by atoms with Gasteiger partial charge in [-0.2, -0.15) is 0 Å². The fraction of sp³-hybridized carbons (Fsp3) is 0.867. The molecular weight excluding hydrogens is 620 g/mol. The molecule has 50 heavy (non-hydrogen) atoms. The molecule has 0 radical (unpaired) electrons. The molecule has 0 unspecified atom stereocenters. The topological polar surface area (TPSA) is 72.8 Å². The summed E-state index contributed by atoms with van der Waals surface area (Å²) in [6, 6.07) is 0. The van der Waals surface area contributed by atoms with E-state index < -0.39 is 6.10 Å². The summed E-state index contributed by atoms with van der Waals surface area (Å²) < 4.78 is 10.6. The number of allylic oxidation sites excluding steroid dienone is 4. The summed E-state index contributed by atoms with van der Waals surface area (Å²) >= 11 is 0. The summed E-state index contributed by atoms with van der Waals surface area (Å²) in [5, 5.41) is 9.57. The summed E-state index contributed by atoms with van der Waals surface area (Å²) in [5.74, 6) is -0.596. The molecule has 5 nitrogen and oxygen atoms in total. The molecule has 0 aromatic heterocycles. The van der Waals surface area contributed by atoms with Gasteiger partial charge in [-0.15, -0.1) is 0 Å². The van der Waals surface area contributed by atoms with Crippen molar-refractivity contribution < 1.29 is 24.2 Å². The third-order valence-corrected chi connectivity index (χ3v) is 9.75. The average molecular weight is 705 g/mol. The summed E-state index contributed by atoms with van der Waals surface area (Å²) in [7, 11) is 0. The molecule has 0 fully saturated rings. The van der Waals surface area contributed by atoms with Gasteiger partial charge in [0.1, 0.15) is 6.61 Å². The van der Waals surface area contributed by atoms with Crippen LogP contribution in [0.1, 0.15) is 232 Å². The van der Waals surface area contributed by atoms with Crippen LogP contribution in [0.15, 0.2) is 24.3 Å². The number of hydrogen-bond donors (Lipinski definition) is 1. The molecule has 0 aliphatic heterocycles. The van der Waals surface area contributed by atoms with Gasteiger partial charge in [0.25, 0.3) is 0 Å². The highest BCUT2D eigenvalue weighted by atomic mass is 16.6. The number of carbonyl (C=O) groups excluding carboxylic acids is 2. The molecule has 0 saturated heterocycles. The number of rotatable bonds is 40. The third kappa shape index (κ3) is 39.2. The second-order valence-electron chi connectivity index (χ2n) is 14.8. The first-order valence-corrected chi connectivity index (χ1v) is 21.9. The van der Waals surface area contributed by atoms with Crippen molar-refractivity contribution in [1.82, 2.24) is 0 Å². The van der Waals surface area contributed by atoms with Crippen LogP contribution in [0.3, 0.4) is 0 Å². The lowest BCUT2D eigenvalue weighted by atomic mass is 10.0. The van der Waals surface area contributed by atoms with Gasteiger partial charge in [-0.05, 0) is 44.9 Å². The smallest absolute Gasteiger partial charge is 0.306 e. The van der Waals surface area contributed by atoms with Crippen LogP contribution in [-0.2, 0) is 19.1 Å². The molecule has 0 bridgehead atoms. The maximum Gasteiger partial charge on any atom is 0.306 e. The number of ether oxygens (including phenoxy) is 2. The SMILES string of the molecule is CCCCC/C=C/C/C=C/CCCCCCCC(=O)O[C@@H](CO)COC(=O)CCCCCCCCCCCCCCCCCCCCCCC. The van der Waals surface area contributed by atoms with Gasteiger partial charge in [-0.25, -0.2) is 0 Å². The van der Waals surface area contributed by atoms with E-state index in [2.05, 4.69) is 38.2 Å². The Bertz CT molecular complexity index is 761. The van der Waals surface area contributed by atoms with Gasteiger partial charge in [0.2, 0.25) is 0 Å². The molecule has 294 valence electrons. The fourth-order valence-electron chi connectivity index (χ4n) is 6.41. The molecule has 0 saturated carbocycles. The van der Waals surface area contributed by atoms with Gasteiger partial charge in [-0.3, -0.25) is 9.59 Å². The monoisotopic (exact) mass is 705 g/mol. The molecule has 0 aromatic carbocycles. The summed E-state index contributed by atoms with van der Waals surface area (Å²) in [4.78, 5) is 24.3. The van der Waals surface area contributed by atoms with Crippen LogP contribution in [0.4, 0.5) is 0 Å². The number of unbranched alkanes of at least 4 members (excludes halogenated alkanes) is 28. The molecule has 0 aliphatic rings. The van der Waals surface area contributed by atoms with E-state index in [9.17, 15) is 14.7 Å². The minimum Gasteiger partial charge on any atom is -0.462 e. The Morgan fingerprint density at radius 3 is 1.22 bits per heavy atom. The Morgan fingerprint density at radius 1 is 0.460 bits per heavy atom. The van der Waals surface area contributed by atoms with E-state index in [1.807, 2.05) is 0 Å². The lowest BCUT2D eigenvalue weighted by Gasteiger charge is -2.15. The molecule has 1 atom stereocenters. The van der Waals surface area contributed by atoms with Crippen LogP contribution in [0, 0.1) is 0 Å². The van der Waals surface area contributed by atoms with Gasteiger partial charge in [0, 0.05) is 12.8 Å². The van der Waals surface area contributed by atoms with Gasteiger partial charge < -0.3 is 14.6 Å². The van der Waals surface area contributed by atoms with E-state index in [0.717, 1.165) is 51.4 Å². The zero-order valence-electron chi connectivity index (χ0n) is 33.4. The van der Waals surface area contributed by atoms with Crippen molar-refractivity contribution in [2.75, 3.05) is 13.2 Å². The van der Waals surface area contributed by atoms with E-state index in [1.54, 1.807) is 0 Å². The van der Waals surface area contributed by atoms with Crippen LogP contribution in [0.2, 0.25) is 0 Å². The highest BCUT2D eigenvalue weighted by Gasteiger charge is 2.16. The lowest BCUT2D eigenvalue weighted by Crippen LogP contribution is -2.28. The zero-order chi connectivity index (χ0) is 36.4. The van der Waals surface area contributed by atoms with Crippen molar-refractivity contribution in [3.05, 3.63) is 24.3 Å². The maximum absolute atomic E-state index is 12.2. The quantitative estimate of drug-likeness (QED) is 0.0390. The Morgan fingerprint density at radius 2 is 0.800 bits per heavy atom. The number of esters is 2. The first-order valence-electron chi connectivity index (χ1n) is 21.9. The van der Waals surface area contributed by atoms with Crippen molar-refractivity contribution >= 4 is 11.9 Å². The van der Waals surface area contributed by atoms with Crippen LogP contribution < -0.4 is 0 Å². The molecule has 0 amide bonds. The van der Waals surface area contributed by atoms with E-state index in [-0.39, 0.29) is 25.2 Å². The van der Waals surface area contributed by atoms with E-state index >= 15 is 0 Å². The molecule has 1 N–H and O–H groups in total. The van der Waals surface area contributed by atoms with Crippen molar-refractivity contribution in [2.45, 2.75) is 238 Å². The molecular formula is C45H84O5. The Balaban J connectivity index is 3.49. The summed E-state index contributed by atoms with van der Waals surface area (Å²) in [6.07, 6.45) is 49.6. The summed E-state index contributed by atoms with van der Waals surface area (Å²) in [5.41, 5.74) is 0. The van der Waals surface area contributed by atoms with Gasteiger partial charge >= 0.3 is 11.9 Å². The van der Waals surface area contributed by atoms with Crippen LogP contribution in [0.5, 0.6) is 0 Å². The second-order valence-corrected chi connectivity index (χ2v) is 14.8. The molecule has 0 heterocycles. The number of carbonyl (C=O) groups is 2. The van der Waals surface area contributed by atoms with Gasteiger partial charge in [-0.1, -0.05) is 199 Å². The Labute approximate surface area is 311 Å². The highest BCUT2D eigenvalue weighted by molar-refractivity contribution is 5.70.